The number of hydrogen-bond acceptors (Lipinski definition) is 4. The molecule has 156 valence electrons. The molecule has 5 heteroatoms. The van der Waals surface area contributed by atoms with Gasteiger partial charge in [-0.25, -0.2) is 4.98 Å². The standard InChI is InChI=1S/C28H17N3S2/c1-2-10-25-21(8-1)22-12-11-19(24-9-3-4-13-29-24)15-26(22)31(25)20-7-5-6-18(14-20)23-16-32-28-27(23)30-17-33-28/h1-17H. The molecule has 7 aromatic rings. The van der Waals surface area contributed by atoms with Gasteiger partial charge in [0.1, 0.15) is 4.01 Å². The Morgan fingerprint density at radius 1 is 0.667 bits per heavy atom. The molecule has 4 aromatic heterocycles. The van der Waals surface area contributed by atoms with E-state index in [9.17, 15) is 0 Å². The molecular weight excluding hydrogens is 442 g/mol. The summed E-state index contributed by atoms with van der Waals surface area (Å²) in [5, 5.41) is 4.72. The van der Waals surface area contributed by atoms with Gasteiger partial charge in [-0.1, -0.05) is 48.5 Å². The smallest absolute Gasteiger partial charge is 0.107 e. The third-order valence-electron chi connectivity index (χ3n) is 6.12. The molecule has 0 bridgehead atoms. The summed E-state index contributed by atoms with van der Waals surface area (Å²) in [7, 11) is 0. The zero-order chi connectivity index (χ0) is 21.8. The van der Waals surface area contributed by atoms with Gasteiger partial charge in [-0.15, -0.1) is 22.7 Å². The number of thiophene rings is 1. The van der Waals surface area contributed by atoms with Crippen LogP contribution in [0.3, 0.4) is 0 Å². The topological polar surface area (TPSA) is 30.7 Å². The predicted molar refractivity (Wildman–Crippen MR) is 141 cm³/mol. The molecule has 0 aliphatic carbocycles. The summed E-state index contributed by atoms with van der Waals surface area (Å²) >= 11 is 3.47. The number of aromatic nitrogens is 3. The fraction of sp³-hybridized carbons (Fsp3) is 0. The molecule has 0 aliphatic heterocycles. The van der Waals surface area contributed by atoms with Crippen LogP contribution in [0.2, 0.25) is 0 Å². The van der Waals surface area contributed by atoms with E-state index >= 15 is 0 Å². The minimum Gasteiger partial charge on any atom is -0.309 e. The van der Waals surface area contributed by atoms with Gasteiger partial charge in [-0.2, -0.15) is 0 Å². The highest BCUT2D eigenvalue weighted by Crippen LogP contribution is 2.38. The average molecular weight is 460 g/mol. The van der Waals surface area contributed by atoms with Crippen molar-refractivity contribution in [2.75, 3.05) is 0 Å². The third-order valence-corrected chi connectivity index (χ3v) is 8.08. The molecular formula is C28H17N3S2. The van der Waals surface area contributed by atoms with Gasteiger partial charge in [-0.3, -0.25) is 4.98 Å². The van der Waals surface area contributed by atoms with E-state index < -0.39 is 0 Å². The maximum atomic E-state index is 4.61. The van der Waals surface area contributed by atoms with Crippen molar-refractivity contribution in [2.45, 2.75) is 0 Å². The van der Waals surface area contributed by atoms with E-state index in [1.807, 2.05) is 23.8 Å². The van der Waals surface area contributed by atoms with E-state index in [4.69, 9.17) is 0 Å². The number of rotatable bonds is 3. The highest BCUT2D eigenvalue weighted by molar-refractivity contribution is 7.36. The van der Waals surface area contributed by atoms with Crippen molar-refractivity contribution >= 4 is 54.0 Å². The van der Waals surface area contributed by atoms with Crippen molar-refractivity contribution in [1.82, 2.24) is 14.5 Å². The van der Waals surface area contributed by atoms with Crippen LogP contribution in [0.25, 0.3) is 59.4 Å². The number of benzene rings is 3. The van der Waals surface area contributed by atoms with Crippen molar-refractivity contribution in [1.29, 1.82) is 0 Å². The van der Waals surface area contributed by atoms with Crippen molar-refractivity contribution in [3.8, 4) is 28.1 Å². The van der Waals surface area contributed by atoms with Crippen LogP contribution in [-0.4, -0.2) is 14.5 Å². The molecule has 0 N–H and O–H groups in total. The zero-order valence-corrected chi connectivity index (χ0v) is 19.1. The van der Waals surface area contributed by atoms with Crippen LogP contribution in [0.15, 0.2) is 102 Å². The Kier molecular flexibility index (Phi) is 4.19. The van der Waals surface area contributed by atoms with Gasteiger partial charge in [-0.05, 0) is 42.0 Å². The second kappa shape index (κ2) is 7.37. The Morgan fingerprint density at radius 3 is 2.52 bits per heavy atom. The molecule has 0 amide bonds. The summed E-state index contributed by atoms with van der Waals surface area (Å²) in [6, 6.07) is 30.1. The number of pyridine rings is 1. The minimum absolute atomic E-state index is 0.981. The molecule has 0 atom stereocenters. The summed E-state index contributed by atoms with van der Waals surface area (Å²) in [6.45, 7) is 0. The van der Waals surface area contributed by atoms with Crippen LogP contribution in [0.5, 0.6) is 0 Å². The SMILES string of the molecule is c1ccc(-c2ccc3c4ccccc4n(-c4cccc(-c5csc6scnc56)c4)c3c2)nc1. The van der Waals surface area contributed by atoms with Crippen molar-refractivity contribution < 1.29 is 0 Å². The van der Waals surface area contributed by atoms with Gasteiger partial charge in [0.25, 0.3) is 0 Å². The number of para-hydroxylation sites is 1. The Morgan fingerprint density at radius 2 is 1.58 bits per heavy atom. The molecule has 4 heterocycles. The molecule has 0 saturated heterocycles. The van der Waals surface area contributed by atoms with E-state index in [1.165, 1.54) is 36.9 Å². The first kappa shape index (κ1) is 18.7. The van der Waals surface area contributed by atoms with Crippen LogP contribution in [-0.2, 0) is 0 Å². The fourth-order valence-corrected chi connectivity index (χ4v) is 6.40. The summed E-state index contributed by atoms with van der Waals surface area (Å²) in [4.78, 5) is 9.18. The van der Waals surface area contributed by atoms with Gasteiger partial charge in [0.2, 0.25) is 0 Å². The largest absolute Gasteiger partial charge is 0.309 e. The number of hydrogen-bond donors (Lipinski definition) is 0. The monoisotopic (exact) mass is 459 g/mol. The van der Waals surface area contributed by atoms with E-state index in [1.54, 1.807) is 22.7 Å². The van der Waals surface area contributed by atoms with Crippen molar-refractivity contribution in [3.63, 3.8) is 0 Å². The van der Waals surface area contributed by atoms with Gasteiger partial charge in [0.15, 0.2) is 0 Å². The zero-order valence-electron chi connectivity index (χ0n) is 17.5. The summed E-state index contributed by atoms with van der Waals surface area (Å²) < 4.78 is 3.64. The molecule has 33 heavy (non-hydrogen) atoms. The van der Waals surface area contributed by atoms with Crippen LogP contribution in [0.1, 0.15) is 0 Å². The summed E-state index contributed by atoms with van der Waals surface area (Å²) in [5.41, 5.74) is 11.0. The van der Waals surface area contributed by atoms with Gasteiger partial charge >= 0.3 is 0 Å². The first-order chi connectivity index (χ1) is 16.4. The maximum Gasteiger partial charge on any atom is 0.107 e. The second-order valence-corrected chi connectivity index (χ2v) is 9.98. The van der Waals surface area contributed by atoms with Crippen LogP contribution in [0.4, 0.5) is 0 Å². The average Bonchev–Trinajstić information content (AvgIpc) is 3.57. The van der Waals surface area contributed by atoms with Crippen molar-refractivity contribution in [3.05, 3.63) is 102 Å². The molecule has 0 fully saturated rings. The molecule has 0 saturated carbocycles. The first-order valence-corrected chi connectivity index (χ1v) is 12.5. The number of fused-ring (bicyclic) bond motifs is 4. The molecule has 7 rings (SSSR count). The van der Waals surface area contributed by atoms with Crippen LogP contribution in [0, 0.1) is 0 Å². The maximum absolute atomic E-state index is 4.61. The normalized spacial score (nSPS) is 11.6. The Labute approximate surface area is 198 Å². The Hall–Kier alpha value is -3.80. The highest BCUT2D eigenvalue weighted by Gasteiger charge is 2.15. The third kappa shape index (κ3) is 2.94. The molecule has 0 radical (unpaired) electrons. The predicted octanol–water partition coefficient (Wildman–Crippen LogP) is 8.18. The molecule has 0 aliphatic rings. The lowest BCUT2D eigenvalue weighted by molar-refractivity contribution is 1.18. The molecule has 3 nitrogen and oxygen atoms in total. The van der Waals surface area contributed by atoms with Crippen molar-refractivity contribution in [2.24, 2.45) is 0 Å². The van der Waals surface area contributed by atoms with E-state index in [0.29, 0.717) is 0 Å². The van der Waals surface area contributed by atoms with E-state index in [2.05, 4.69) is 92.7 Å². The quantitative estimate of drug-likeness (QED) is 0.267. The molecule has 0 spiro atoms. The lowest BCUT2D eigenvalue weighted by Gasteiger charge is -2.10. The second-order valence-electron chi connectivity index (χ2n) is 7.99. The van der Waals surface area contributed by atoms with Crippen LogP contribution < -0.4 is 0 Å². The molecule has 3 aromatic carbocycles. The highest BCUT2D eigenvalue weighted by atomic mass is 32.2. The van der Waals surface area contributed by atoms with Gasteiger partial charge in [0, 0.05) is 39.2 Å². The number of thiazole rings is 1. The Bertz CT molecular complexity index is 1770. The molecule has 0 unspecified atom stereocenters. The van der Waals surface area contributed by atoms with E-state index in [-0.39, 0.29) is 0 Å². The van der Waals surface area contributed by atoms with E-state index in [0.717, 1.165) is 22.5 Å². The fourth-order valence-electron chi connectivity index (χ4n) is 4.63. The van der Waals surface area contributed by atoms with Crippen LogP contribution >= 0.6 is 22.7 Å². The van der Waals surface area contributed by atoms with Gasteiger partial charge < -0.3 is 4.57 Å². The first-order valence-electron chi connectivity index (χ1n) is 10.7. The van der Waals surface area contributed by atoms with Gasteiger partial charge in [0.05, 0.1) is 27.8 Å². The lowest BCUT2D eigenvalue weighted by Crippen LogP contribution is -1.94. The summed E-state index contributed by atoms with van der Waals surface area (Å²) in [5.74, 6) is 0. The Balaban J connectivity index is 1.50. The summed E-state index contributed by atoms with van der Waals surface area (Å²) in [6.07, 6.45) is 1.85. The minimum atomic E-state index is 0.981. The number of nitrogens with zero attached hydrogens (tertiary/aromatic N) is 3. The lowest BCUT2D eigenvalue weighted by atomic mass is 10.1.